The molecule has 0 spiro atoms. The van der Waals surface area contributed by atoms with Gasteiger partial charge in [0.05, 0.1) is 37.8 Å². The maximum Gasteiger partial charge on any atom is 0.228 e. The number of hydrogen-bond acceptors (Lipinski definition) is 9. The van der Waals surface area contributed by atoms with Crippen LogP contribution in [0.1, 0.15) is 33.7 Å². The van der Waals surface area contributed by atoms with Gasteiger partial charge in [-0.1, -0.05) is 0 Å². The SMILES string of the molecule is CC(COC(C)(C)C)n1cnc2c(-c3cnc(N)nc3)nc(N3CCOCC3)nc21. The summed E-state index contributed by atoms with van der Waals surface area (Å²) in [6, 6.07) is 0.0529. The molecule has 0 aromatic carbocycles. The van der Waals surface area contributed by atoms with Gasteiger partial charge in [-0.05, 0) is 27.7 Å². The van der Waals surface area contributed by atoms with E-state index in [1.54, 1.807) is 18.7 Å². The molecule has 1 aliphatic heterocycles. The van der Waals surface area contributed by atoms with Crippen LogP contribution in [0, 0.1) is 0 Å². The Morgan fingerprint density at radius 1 is 1.13 bits per heavy atom. The molecule has 1 unspecified atom stereocenters. The summed E-state index contributed by atoms with van der Waals surface area (Å²) in [5, 5.41) is 0. The van der Waals surface area contributed by atoms with E-state index < -0.39 is 0 Å². The quantitative estimate of drug-likeness (QED) is 0.672. The van der Waals surface area contributed by atoms with Crippen LogP contribution in [0.5, 0.6) is 0 Å². The van der Waals surface area contributed by atoms with Gasteiger partial charge in [0.25, 0.3) is 0 Å². The smallest absolute Gasteiger partial charge is 0.228 e. The first-order valence-electron chi connectivity index (χ1n) is 10.1. The molecule has 0 bridgehead atoms. The van der Waals surface area contributed by atoms with Crippen LogP contribution in [0.2, 0.25) is 0 Å². The zero-order chi connectivity index (χ0) is 21.3. The molecule has 1 atom stereocenters. The van der Waals surface area contributed by atoms with Crippen molar-refractivity contribution < 1.29 is 9.47 Å². The Morgan fingerprint density at radius 3 is 2.50 bits per heavy atom. The van der Waals surface area contributed by atoms with Crippen molar-refractivity contribution in [2.75, 3.05) is 43.5 Å². The number of nitrogens with zero attached hydrogens (tertiary/aromatic N) is 7. The summed E-state index contributed by atoms with van der Waals surface area (Å²) in [7, 11) is 0. The van der Waals surface area contributed by atoms with Crippen LogP contribution in [0.3, 0.4) is 0 Å². The molecule has 3 aromatic rings. The lowest BCUT2D eigenvalue weighted by molar-refractivity contribution is -0.0167. The van der Waals surface area contributed by atoms with Crippen LogP contribution < -0.4 is 10.6 Å². The van der Waals surface area contributed by atoms with Crippen molar-refractivity contribution in [2.45, 2.75) is 39.3 Å². The highest BCUT2D eigenvalue weighted by Gasteiger charge is 2.22. The molecule has 10 heteroatoms. The maximum absolute atomic E-state index is 5.99. The largest absolute Gasteiger partial charge is 0.378 e. The zero-order valence-corrected chi connectivity index (χ0v) is 17.9. The number of hydrogen-bond donors (Lipinski definition) is 1. The summed E-state index contributed by atoms with van der Waals surface area (Å²) in [6.45, 7) is 11.5. The highest BCUT2D eigenvalue weighted by atomic mass is 16.5. The number of ether oxygens (including phenoxy) is 2. The average Bonchev–Trinajstić information content (AvgIpc) is 3.16. The average molecular weight is 412 g/mol. The standard InChI is InChI=1S/C20H28N8O2/c1-13(11-30-20(2,3)4)28-12-24-16-15(14-9-22-18(21)23-10-14)25-19(26-17(16)28)27-5-7-29-8-6-27/h9-10,12-13H,5-8,11H2,1-4H3,(H2,21,22,23). The highest BCUT2D eigenvalue weighted by Crippen LogP contribution is 2.29. The first-order chi connectivity index (χ1) is 14.3. The van der Waals surface area contributed by atoms with Crippen LogP contribution in [-0.4, -0.2) is 68.0 Å². The van der Waals surface area contributed by atoms with E-state index in [4.69, 9.17) is 25.2 Å². The van der Waals surface area contributed by atoms with Gasteiger partial charge < -0.3 is 24.7 Å². The van der Waals surface area contributed by atoms with Gasteiger partial charge in [-0.15, -0.1) is 0 Å². The second-order valence-electron chi connectivity index (χ2n) is 8.40. The Balaban J connectivity index is 1.79. The molecule has 0 saturated carbocycles. The maximum atomic E-state index is 5.99. The number of imidazole rings is 1. The molecule has 0 radical (unpaired) electrons. The minimum Gasteiger partial charge on any atom is -0.378 e. The molecule has 160 valence electrons. The Labute approximate surface area is 175 Å². The molecule has 2 N–H and O–H groups in total. The number of rotatable bonds is 5. The predicted molar refractivity (Wildman–Crippen MR) is 114 cm³/mol. The molecule has 1 saturated heterocycles. The fraction of sp³-hybridized carbons (Fsp3) is 0.550. The third-order valence-corrected chi connectivity index (χ3v) is 4.88. The first kappa shape index (κ1) is 20.4. The molecule has 30 heavy (non-hydrogen) atoms. The van der Waals surface area contributed by atoms with Gasteiger partial charge in [0.15, 0.2) is 5.65 Å². The van der Waals surface area contributed by atoms with Crippen LogP contribution in [0.25, 0.3) is 22.4 Å². The summed E-state index contributed by atoms with van der Waals surface area (Å²) in [5.74, 6) is 0.860. The summed E-state index contributed by atoms with van der Waals surface area (Å²) in [4.78, 5) is 24.7. The summed E-state index contributed by atoms with van der Waals surface area (Å²) in [5.41, 5.74) is 8.33. The summed E-state index contributed by atoms with van der Waals surface area (Å²) in [6.07, 6.45) is 5.12. The molecule has 10 nitrogen and oxygen atoms in total. The van der Waals surface area contributed by atoms with E-state index >= 15 is 0 Å². The van der Waals surface area contributed by atoms with Crippen LogP contribution in [-0.2, 0) is 9.47 Å². The minimum atomic E-state index is -0.217. The second-order valence-corrected chi connectivity index (χ2v) is 8.40. The van der Waals surface area contributed by atoms with Crippen molar-refractivity contribution in [1.29, 1.82) is 0 Å². The van der Waals surface area contributed by atoms with Gasteiger partial charge >= 0.3 is 0 Å². The lowest BCUT2D eigenvalue weighted by Crippen LogP contribution is -2.37. The molecule has 0 aliphatic carbocycles. The van der Waals surface area contributed by atoms with Crippen LogP contribution in [0.15, 0.2) is 18.7 Å². The molecule has 1 aliphatic rings. The van der Waals surface area contributed by atoms with Crippen LogP contribution in [0.4, 0.5) is 11.9 Å². The highest BCUT2D eigenvalue weighted by molar-refractivity contribution is 5.88. The first-order valence-corrected chi connectivity index (χ1v) is 10.1. The Bertz CT molecular complexity index is 1010. The van der Waals surface area contributed by atoms with Crippen LogP contribution >= 0.6 is 0 Å². The Hall–Kier alpha value is -2.85. The summed E-state index contributed by atoms with van der Waals surface area (Å²) >= 11 is 0. The van der Waals surface area contributed by atoms with Gasteiger partial charge in [-0.3, -0.25) is 0 Å². The lowest BCUT2D eigenvalue weighted by atomic mass is 10.2. The lowest BCUT2D eigenvalue weighted by Gasteiger charge is -2.27. The van der Waals surface area contributed by atoms with E-state index in [2.05, 4.69) is 26.8 Å². The number of nitrogens with two attached hydrogens (primary N) is 1. The van der Waals surface area contributed by atoms with Crippen molar-refractivity contribution in [1.82, 2.24) is 29.5 Å². The molecule has 4 rings (SSSR count). The Morgan fingerprint density at radius 2 is 1.83 bits per heavy atom. The molecule has 0 amide bonds. The molecule has 3 aromatic heterocycles. The number of anilines is 2. The topological polar surface area (TPSA) is 117 Å². The predicted octanol–water partition coefficient (Wildman–Crippen LogP) is 2.08. The van der Waals surface area contributed by atoms with Gasteiger partial charge in [-0.25, -0.2) is 19.9 Å². The number of aromatic nitrogens is 6. The van der Waals surface area contributed by atoms with Gasteiger partial charge in [-0.2, -0.15) is 4.98 Å². The number of fused-ring (bicyclic) bond motifs is 1. The number of morpholine rings is 1. The molecule has 4 heterocycles. The monoisotopic (exact) mass is 412 g/mol. The normalized spacial score (nSPS) is 16.2. The molecule has 1 fully saturated rings. The van der Waals surface area contributed by atoms with Gasteiger partial charge in [0.2, 0.25) is 11.9 Å². The van der Waals surface area contributed by atoms with E-state index in [1.807, 2.05) is 25.3 Å². The zero-order valence-electron chi connectivity index (χ0n) is 17.9. The fourth-order valence-corrected chi connectivity index (χ4v) is 3.24. The third-order valence-electron chi connectivity index (χ3n) is 4.88. The van der Waals surface area contributed by atoms with E-state index in [9.17, 15) is 0 Å². The van der Waals surface area contributed by atoms with Gasteiger partial charge in [0, 0.05) is 31.0 Å². The molecular weight excluding hydrogens is 384 g/mol. The van der Waals surface area contributed by atoms with Crippen molar-refractivity contribution in [3.8, 4) is 11.3 Å². The van der Waals surface area contributed by atoms with E-state index in [1.165, 1.54) is 0 Å². The molecular formula is C20H28N8O2. The van der Waals surface area contributed by atoms with Crippen molar-refractivity contribution in [3.05, 3.63) is 18.7 Å². The fourth-order valence-electron chi connectivity index (χ4n) is 3.24. The van der Waals surface area contributed by atoms with Crippen molar-refractivity contribution >= 4 is 23.1 Å². The third kappa shape index (κ3) is 4.34. The van der Waals surface area contributed by atoms with Crippen molar-refractivity contribution in [3.63, 3.8) is 0 Å². The van der Waals surface area contributed by atoms with E-state index in [-0.39, 0.29) is 17.6 Å². The second kappa shape index (κ2) is 8.11. The van der Waals surface area contributed by atoms with E-state index in [0.717, 1.165) is 24.3 Å². The van der Waals surface area contributed by atoms with E-state index in [0.29, 0.717) is 37.0 Å². The Kier molecular flexibility index (Phi) is 5.52. The summed E-state index contributed by atoms with van der Waals surface area (Å²) < 4.78 is 13.5. The van der Waals surface area contributed by atoms with Crippen molar-refractivity contribution in [2.24, 2.45) is 0 Å². The minimum absolute atomic E-state index is 0.0529. The number of nitrogen functional groups attached to an aromatic ring is 1. The van der Waals surface area contributed by atoms with Gasteiger partial charge in [0.1, 0.15) is 11.2 Å².